The molecule has 21 heavy (non-hydrogen) atoms. The Labute approximate surface area is 123 Å². The van der Waals surface area contributed by atoms with Gasteiger partial charge < -0.3 is 21.6 Å². The van der Waals surface area contributed by atoms with Gasteiger partial charge in [0, 0.05) is 25.1 Å². The first kappa shape index (κ1) is 16.5. The van der Waals surface area contributed by atoms with Crippen LogP contribution in [0.2, 0.25) is 0 Å². The summed E-state index contributed by atoms with van der Waals surface area (Å²) in [7, 11) is 0. The lowest BCUT2D eigenvalue weighted by molar-refractivity contribution is -0.121. The molecule has 2 amide bonds. The number of hydrogen-bond donors (Lipinski definition) is 4. The minimum Gasteiger partial charge on any atom is -0.409 e. The van der Waals surface area contributed by atoms with Crippen molar-refractivity contribution in [3.05, 3.63) is 35.4 Å². The summed E-state index contributed by atoms with van der Waals surface area (Å²) in [5, 5.41) is 16.8. The second-order valence-corrected chi connectivity index (χ2v) is 4.41. The molecule has 0 saturated carbocycles. The first-order valence-electron chi connectivity index (χ1n) is 6.67. The molecular formula is C14H20N4O3. The lowest BCUT2D eigenvalue weighted by atomic mass is 10.1. The van der Waals surface area contributed by atoms with Gasteiger partial charge >= 0.3 is 0 Å². The van der Waals surface area contributed by atoms with Gasteiger partial charge in [0.05, 0.1) is 6.42 Å². The van der Waals surface area contributed by atoms with Crippen LogP contribution in [0.3, 0.4) is 0 Å². The molecular weight excluding hydrogens is 272 g/mol. The normalized spacial score (nSPS) is 11.0. The average Bonchev–Trinajstić information content (AvgIpc) is 2.47. The third-order valence-electron chi connectivity index (χ3n) is 2.77. The summed E-state index contributed by atoms with van der Waals surface area (Å²) in [6.07, 6.45) is 0.480. The number of benzene rings is 1. The maximum atomic E-state index is 11.7. The third-order valence-corrected chi connectivity index (χ3v) is 2.77. The van der Waals surface area contributed by atoms with Crippen LogP contribution in [0.25, 0.3) is 0 Å². The molecule has 0 aliphatic carbocycles. The second kappa shape index (κ2) is 8.57. The van der Waals surface area contributed by atoms with Gasteiger partial charge in [-0.25, -0.2) is 0 Å². The Balaban J connectivity index is 2.39. The van der Waals surface area contributed by atoms with Crippen molar-refractivity contribution in [1.82, 2.24) is 10.6 Å². The molecule has 1 aromatic carbocycles. The minimum atomic E-state index is -0.157. The summed E-state index contributed by atoms with van der Waals surface area (Å²) in [6, 6.07) is 6.81. The number of carbonyl (C=O) groups is 2. The van der Waals surface area contributed by atoms with Crippen LogP contribution in [0.1, 0.15) is 24.5 Å². The number of carbonyl (C=O) groups excluding carboxylic acids is 2. The zero-order valence-electron chi connectivity index (χ0n) is 11.9. The smallest absolute Gasteiger partial charge is 0.224 e. The van der Waals surface area contributed by atoms with Crippen LogP contribution >= 0.6 is 0 Å². The molecule has 0 unspecified atom stereocenters. The SMILES string of the molecule is CCNC(=O)CCNC(=O)Cc1ccc(/C(N)=N/O)cc1. The van der Waals surface area contributed by atoms with E-state index >= 15 is 0 Å². The molecule has 114 valence electrons. The highest BCUT2D eigenvalue weighted by Crippen LogP contribution is 2.05. The molecule has 0 aromatic heterocycles. The molecule has 0 radical (unpaired) electrons. The average molecular weight is 292 g/mol. The van der Waals surface area contributed by atoms with Crippen molar-refractivity contribution >= 4 is 17.6 Å². The highest BCUT2D eigenvalue weighted by molar-refractivity contribution is 5.97. The highest BCUT2D eigenvalue weighted by atomic mass is 16.4. The molecule has 0 fully saturated rings. The summed E-state index contributed by atoms with van der Waals surface area (Å²) in [4.78, 5) is 22.9. The second-order valence-electron chi connectivity index (χ2n) is 4.41. The van der Waals surface area contributed by atoms with Crippen LogP contribution < -0.4 is 16.4 Å². The van der Waals surface area contributed by atoms with Crippen molar-refractivity contribution in [3.8, 4) is 0 Å². The standard InChI is InChI=1S/C14H20N4O3/c1-2-16-12(19)7-8-17-13(20)9-10-3-5-11(6-4-10)14(15)18-21/h3-6,21H,2,7-9H2,1H3,(H2,15,18)(H,16,19)(H,17,20). The van der Waals surface area contributed by atoms with E-state index < -0.39 is 0 Å². The Morgan fingerprint density at radius 2 is 1.86 bits per heavy atom. The van der Waals surface area contributed by atoms with Gasteiger partial charge in [-0.15, -0.1) is 0 Å². The first-order chi connectivity index (χ1) is 10.1. The van der Waals surface area contributed by atoms with Gasteiger partial charge in [0.2, 0.25) is 11.8 Å². The Hall–Kier alpha value is -2.57. The number of nitrogens with zero attached hydrogens (tertiary/aromatic N) is 1. The highest BCUT2D eigenvalue weighted by Gasteiger charge is 2.06. The van der Waals surface area contributed by atoms with E-state index in [4.69, 9.17) is 10.9 Å². The predicted molar refractivity (Wildman–Crippen MR) is 79.0 cm³/mol. The van der Waals surface area contributed by atoms with Crippen LogP contribution in [0, 0.1) is 0 Å². The van der Waals surface area contributed by atoms with Gasteiger partial charge in [0.15, 0.2) is 5.84 Å². The largest absolute Gasteiger partial charge is 0.409 e. The molecule has 0 heterocycles. The van der Waals surface area contributed by atoms with Crippen molar-refractivity contribution in [2.45, 2.75) is 19.8 Å². The number of hydrogen-bond acceptors (Lipinski definition) is 4. The molecule has 0 aliphatic rings. The summed E-state index contributed by atoms with van der Waals surface area (Å²) in [5.41, 5.74) is 6.83. The fraction of sp³-hybridized carbons (Fsp3) is 0.357. The van der Waals surface area contributed by atoms with Crippen molar-refractivity contribution in [3.63, 3.8) is 0 Å². The zero-order chi connectivity index (χ0) is 15.7. The minimum absolute atomic E-state index is 0.0212. The topological polar surface area (TPSA) is 117 Å². The maximum absolute atomic E-state index is 11.7. The third kappa shape index (κ3) is 5.94. The summed E-state index contributed by atoms with van der Waals surface area (Å²) < 4.78 is 0. The van der Waals surface area contributed by atoms with Crippen LogP contribution in [-0.4, -0.2) is 35.9 Å². The Kier molecular flexibility index (Phi) is 6.73. The molecule has 7 heteroatoms. The Morgan fingerprint density at radius 3 is 2.43 bits per heavy atom. The molecule has 5 N–H and O–H groups in total. The van der Waals surface area contributed by atoms with E-state index in [2.05, 4.69) is 15.8 Å². The number of rotatable bonds is 7. The van der Waals surface area contributed by atoms with Gasteiger partial charge in [0.1, 0.15) is 0 Å². The number of oxime groups is 1. The number of amidine groups is 1. The lowest BCUT2D eigenvalue weighted by Gasteiger charge is -2.06. The van der Waals surface area contributed by atoms with Crippen LogP contribution in [0.5, 0.6) is 0 Å². The van der Waals surface area contributed by atoms with E-state index in [0.29, 0.717) is 18.7 Å². The van der Waals surface area contributed by atoms with Crippen LogP contribution in [0.4, 0.5) is 0 Å². The van der Waals surface area contributed by atoms with Gasteiger partial charge in [-0.3, -0.25) is 9.59 Å². The summed E-state index contributed by atoms with van der Waals surface area (Å²) in [5.74, 6) is -0.218. The van der Waals surface area contributed by atoms with Crippen LogP contribution in [-0.2, 0) is 16.0 Å². The van der Waals surface area contributed by atoms with Crippen molar-refractivity contribution < 1.29 is 14.8 Å². The fourth-order valence-corrected chi connectivity index (χ4v) is 1.70. The van der Waals surface area contributed by atoms with Gasteiger partial charge in [0.25, 0.3) is 0 Å². The van der Waals surface area contributed by atoms with E-state index in [1.165, 1.54) is 0 Å². The van der Waals surface area contributed by atoms with Crippen molar-refractivity contribution in [1.29, 1.82) is 0 Å². The van der Waals surface area contributed by atoms with E-state index in [1.807, 2.05) is 6.92 Å². The number of amides is 2. The molecule has 1 rings (SSSR count). The number of nitrogens with one attached hydrogen (secondary N) is 2. The maximum Gasteiger partial charge on any atom is 0.224 e. The molecule has 7 nitrogen and oxygen atoms in total. The van der Waals surface area contributed by atoms with E-state index in [1.54, 1.807) is 24.3 Å². The van der Waals surface area contributed by atoms with Crippen molar-refractivity contribution in [2.24, 2.45) is 10.9 Å². The summed E-state index contributed by atoms with van der Waals surface area (Å²) >= 11 is 0. The van der Waals surface area contributed by atoms with Gasteiger partial charge in [-0.05, 0) is 12.5 Å². The monoisotopic (exact) mass is 292 g/mol. The molecule has 0 aliphatic heterocycles. The Bertz CT molecular complexity index is 511. The van der Waals surface area contributed by atoms with Gasteiger partial charge in [-0.1, -0.05) is 29.4 Å². The van der Waals surface area contributed by atoms with Gasteiger partial charge in [-0.2, -0.15) is 0 Å². The van der Waals surface area contributed by atoms with Crippen LogP contribution in [0.15, 0.2) is 29.4 Å². The Morgan fingerprint density at radius 1 is 1.19 bits per heavy atom. The first-order valence-corrected chi connectivity index (χ1v) is 6.67. The quantitative estimate of drug-likeness (QED) is 0.244. The number of nitrogens with two attached hydrogens (primary N) is 1. The van der Waals surface area contributed by atoms with E-state index in [9.17, 15) is 9.59 Å². The lowest BCUT2D eigenvalue weighted by Crippen LogP contribution is -2.31. The molecule has 1 aromatic rings. The molecule has 0 bridgehead atoms. The van der Waals surface area contributed by atoms with E-state index in [-0.39, 0.29) is 30.5 Å². The predicted octanol–water partition coefficient (Wildman–Crippen LogP) is -0.0340. The fourth-order valence-electron chi connectivity index (χ4n) is 1.70. The zero-order valence-corrected chi connectivity index (χ0v) is 11.9. The van der Waals surface area contributed by atoms with Crippen molar-refractivity contribution in [2.75, 3.05) is 13.1 Å². The van der Waals surface area contributed by atoms with E-state index in [0.717, 1.165) is 5.56 Å². The molecule has 0 spiro atoms. The molecule has 0 saturated heterocycles. The molecule has 0 atom stereocenters. The summed E-state index contributed by atoms with van der Waals surface area (Å²) in [6.45, 7) is 2.74.